The Bertz CT molecular complexity index is 611. The first kappa shape index (κ1) is 22.5. The van der Waals surface area contributed by atoms with Gasteiger partial charge in [-0.05, 0) is 96.7 Å². The summed E-state index contributed by atoms with van der Waals surface area (Å²) in [6, 6.07) is 4.03. The SMILES string of the molecule is CC(C)=CCC/C(C)=C/CC/C(C)=C/CC/C(C)=C/COc1cccs1. The molecule has 0 atom stereocenters. The maximum atomic E-state index is 5.68. The lowest BCUT2D eigenvalue weighted by Crippen LogP contribution is -1.92. The lowest BCUT2D eigenvalue weighted by atomic mass is 10.0. The molecule has 0 aliphatic rings. The Morgan fingerprint density at radius 3 is 1.85 bits per heavy atom. The zero-order valence-electron chi connectivity index (χ0n) is 17.3. The fourth-order valence-corrected chi connectivity index (χ4v) is 3.18. The summed E-state index contributed by atoms with van der Waals surface area (Å²) in [5.74, 6) is 0. The van der Waals surface area contributed by atoms with Crippen molar-refractivity contribution in [3.05, 3.63) is 64.1 Å². The van der Waals surface area contributed by atoms with Gasteiger partial charge in [0.2, 0.25) is 0 Å². The van der Waals surface area contributed by atoms with Crippen LogP contribution in [-0.4, -0.2) is 6.61 Å². The summed E-state index contributed by atoms with van der Waals surface area (Å²) < 4.78 is 5.68. The molecule has 1 heterocycles. The minimum atomic E-state index is 0.672. The molecule has 0 unspecified atom stereocenters. The number of hydrogen-bond acceptors (Lipinski definition) is 2. The van der Waals surface area contributed by atoms with Gasteiger partial charge in [-0.3, -0.25) is 0 Å². The minimum absolute atomic E-state index is 0.672. The second kappa shape index (κ2) is 13.6. The van der Waals surface area contributed by atoms with Gasteiger partial charge in [0.1, 0.15) is 6.61 Å². The third-order valence-electron chi connectivity index (χ3n) is 4.31. The quantitative estimate of drug-likeness (QED) is 0.335. The Labute approximate surface area is 165 Å². The van der Waals surface area contributed by atoms with Crippen molar-refractivity contribution in [3.63, 3.8) is 0 Å². The predicted octanol–water partition coefficient (Wildman–Crippen LogP) is 8.27. The Hall–Kier alpha value is -1.54. The van der Waals surface area contributed by atoms with E-state index in [0.29, 0.717) is 6.61 Å². The van der Waals surface area contributed by atoms with Crippen LogP contribution in [0, 0.1) is 0 Å². The molecule has 0 fully saturated rings. The summed E-state index contributed by atoms with van der Waals surface area (Å²) >= 11 is 1.64. The Balaban J connectivity index is 2.18. The van der Waals surface area contributed by atoms with Crippen LogP contribution in [-0.2, 0) is 0 Å². The van der Waals surface area contributed by atoms with E-state index in [1.807, 2.05) is 17.5 Å². The highest BCUT2D eigenvalue weighted by Crippen LogP contribution is 2.18. The normalized spacial score (nSPS) is 13.0. The topological polar surface area (TPSA) is 9.23 Å². The lowest BCUT2D eigenvalue weighted by Gasteiger charge is -2.03. The smallest absolute Gasteiger partial charge is 0.174 e. The van der Waals surface area contributed by atoms with E-state index >= 15 is 0 Å². The molecule has 1 rings (SSSR count). The van der Waals surface area contributed by atoms with Gasteiger partial charge in [0.05, 0.1) is 0 Å². The molecule has 0 N–H and O–H groups in total. The Kier molecular flexibility index (Phi) is 11.8. The first-order valence-corrected chi connectivity index (χ1v) is 10.6. The Morgan fingerprint density at radius 1 is 0.808 bits per heavy atom. The number of allylic oxidation sites excluding steroid dienone is 7. The average molecular weight is 373 g/mol. The number of thiophene rings is 1. The van der Waals surface area contributed by atoms with Gasteiger partial charge in [0, 0.05) is 0 Å². The van der Waals surface area contributed by atoms with Crippen LogP contribution in [0.5, 0.6) is 5.06 Å². The van der Waals surface area contributed by atoms with Crippen LogP contribution < -0.4 is 4.74 Å². The summed E-state index contributed by atoms with van der Waals surface area (Å²) in [5, 5.41) is 3.04. The zero-order chi connectivity index (χ0) is 19.2. The third-order valence-corrected chi connectivity index (χ3v) is 5.09. The van der Waals surface area contributed by atoms with Crippen LogP contribution >= 0.6 is 11.3 Å². The molecule has 26 heavy (non-hydrogen) atoms. The summed E-state index contributed by atoms with van der Waals surface area (Å²) in [4.78, 5) is 0. The van der Waals surface area contributed by atoms with Gasteiger partial charge in [-0.2, -0.15) is 0 Å². The second-order valence-electron chi connectivity index (χ2n) is 7.29. The summed E-state index contributed by atoms with van der Waals surface area (Å²) in [6.45, 7) is 11.7. The van der Waals surface area contributed by atoms with E-state index in [9.17, 15) is 0 Å². The molecule has 0 saturated carbocycles. The van der Waals surface area contributed by atoms with Crippen LogP contribution in [0.1, 0.15) is 73.1 Å². The van der Waals surface area contributed by atoms with E-state index < -0.39 is 0 Å². The molecule has 0 amide bonds. The molecular weight excluding hydrogens is 336 g/mol. The van der Waals surface area contributed by atoms with Gasteiger partial charge in [-0.1, -0.05) is 40.5 Å². The van der Waals surface area contributed by atoms with Crippen molar-refractivity contribution in [2.45, 2.75) is 73.1 Å². The van der Waals surface area contributed by atoms with E-state index in [2.05, 4.69) is 58.9 Å². The molecule has 1 aromatic rings. The molecule has 2 heteroatoms. The first-order chi connectivity index (χ1) is 12.5. The predicted molar refractivity (Wildman–Crippen MR) is 118 cm³/mol. The molecule has 0 aromatic carbocycles. The summed E-state index contributed by atoms with van der Waals surface area (Å²) in [6.07, 6.45) is 16.2. The maximum absolute atomic E-state index is 5.68. The zero-order valence-corrected chi connectivity index (χ0v) is 18.1. The summed E-state index contributed by atoms with van der Waals surface area (Å²) in [5.41, 5.74) is 5.83. The van der Waals surface area contributed by atoms with Gasteiger partial charge < -0.3 is 4.74 Å². The summed E-state index contributed by atoms with van der Waals surface area (Å²) in [7, 11) is 0. The molecule has 0 saturated heterocycles. The van der Waals surface area contributed by atoms with Crippen LogP contribution in [0.15, 0.2) is 64.1 Å². The fraction of sp³-hybridized carbons (Fsp3) is 0.500. The van der Waals surface area contributed by atoms with Crippen molar-refractivity contribution in [2.24, 2.45) is 0 Å². The molecule has 0 aliphatic heterocycles. The molecule has 1 aromatic heterocycles. The van der Waals surface area contributed by atoms with Crippen molar-refractivity contribution < 1.29 is 4.74 Å². The van der Waals surface area contributed by atoms with Gasteiger partial charge in [0.25, 0.3) is 0 Å². The highest BCUT2D eigenvalue weighted by atomic mass is 32.1. The fourth-order valence-electron chi connectivity index (χ4n) is 2.60. The Morgan fingerprint density at radius 2 is 1.35 bits per heavy atom. The third kappa shape index (κ3) is 11.9. The van der Waals surface area contributed by atoms with Gasteiger partial charge in [-0.25, -0.2) is 0 Å². The largest absolute Gasteiger partial charge is 0.480 e. The highest BCUT2D eigenvalue weighted by molar-refractivity contribution is 7.11. The minimum Gasteiger partial charge on any atom is -0.480 e. The molecule has 0 bridgehead atoms. The van der Waals surface area contributed by atoms with E-state index in [1.54, 1.807) is 11.3 Å². The van der Waals surface area contributed by atoms with E-state index in [4.69, 9.17) is 4.74 Å². The average Bonchev–Trinajstić information content (AvgIpc) is 3.08. The van der Waals surface area contributed by atoms with Crippen LogP contribution in [0.2, 0.25) is 0 Å². The van der Waals surface area contributed by atoms with E-state index in [-0.39, 0.29) is 0 Å². The molecule has 144 valence electrons. The number of hydrogen-bond donors (Lipinski definition) is 0. The van der Waals surface area contributed by atoms with Crippen molar-refractivity contribution in [1.29, 1.82) is 0 Å². The standard InChI is InChI=1S/C24H36OS/c1-20(2)10-6-11-21(3)12-7-13-22(4)14-8-15-23(5)17-18-25-24-16-9-19-26-24/h9-10,12,14,16-17,19H,6-8,11,13,15,18H2,1-5H3/b21-12+,22-14+,23-17+. The van der Waals surface area contributed by atoms with Crippen LogP contribution in [0.3, 0.4) is 0 Å². The van der Waals surface area contributed by atoms with Gasteiger partial charge in [0.15, 0.2) is 5.06 Å². The van der Waals surface area contributed by atoms with Gasteiger partial charge in [-0.15, -0.1) is 11.3 Å². The first-order valence-electron chi connectivity index (χ1n) is 9.74. The maximum Gasteiger partial charge on any atom is 0.174 e. The molecule has 0 spiro atoms. The highest BCUT2D eigenvalue weighted by Gasteiger charge is 1.95. The molecule has 0 radical (unpaired) electrons. The second-order valence-corrected chi connectivity index (χ2v) is 8.20. The van der Waals surface area contributed by atoms with Crippen molar-refractivity contribution in [2.75, 3.05) is 6.61 Å². The number of rotatable bonds is 12. The van der Waals surface area contributed by atoms with Gasteiger partial charge >= 0.3 is 0 Å². The lowest BCUT2D eigenvalue weighted by molar-refractivity contribution is 0.372. The van der Waals surface area contributed by atoms with E-state index in [1.165, 1.54) is 41.6 Å². The van der Waals surface area contributed by atoms with Crippen molar-refractivity contribution in [3.8, 4) is 5.06 Å². The molecule has 1 nitrogen and oxygen atoms in total. The van der Waals surface area contributed by atoms with Crippen molar-refractivity contribution in [1.82, 2.24) is 0 Å². The molecular formula is C24H36OS. The van der Waals surface area contributed by atoms with Crippen molar-refractivity contribution >= 4 is 11.3 Å². The van der Waals surface area contributed by atoms with Crippen LogP contribution in [0.25, 0.3) is 0 Å². The number of ether oxygens (including phenoxy) is 1. The molecule has 0 aliphatic carbocycles. The van der Waals surface area contributed by atoms with E-state index in [0.717, 1.165) is 24.3 Å². The van der Waals surface area contributed by atoms with Crippen LogP contribution in [0.4, 0.5) is 0 Å². The monoisotopic (exact) mass is 372 g/mol.